The third-order valence-electron chi connectivity index (χ3n) is 6.20. The molecule has 34 heavy (non-hydrogen) atoms. The van der Waals surface area contributed by atoms with Gasteiger partial charge in [-0.3, -0.25) is 0 Å². The highest BCUT2D eigenvalue weighted by Gasteiger charge is 2.29. The number of benzene rings is 1. The number of hydrogen-bond acceptors (Lipinski definition) is 8. The highest BCUT2D eigenvalue weighted by molar-refractivity contribution is 5.89. The highest BCUT2D eigenvalue weighted by Crippen LogP contribution is 2.33. The highest BCUT2D eigenvalue weighted by atomic mass is 16.5. The SMILES string of the molecule is COc1cc(-c2nccn2C)ccc1Nc1ncc2cc(C)nc(NCC3(C)CCOC3)c2n1. The van der Waals surface area contributed by atoms with Gasteiger partial charge in [0, 0.05) is 60.8 Å². The molecule has 1 aromatic carbocycles. The summed E-state index contributed by atoms with van der Waals surface area (Å²) in [5.74, 6) is 2.77. The van der Waals surface area contributed by atoms with Crippen molar-refractivity contribution in [1.29, 1.82) is 0 Å². The third kappa shape index (κ3) is 4.38. The Morgan fingerprint density at radius 3 is 2.82 bits per heavy atom. The summed E-state index contributed by atoms with van der Waals surface area (Å²) in [6, 6.07) is 7.89. The van der Waals surface area contributed by atoms with E-state index in [1.807, 2.05) is 55.2 Å². The van der Waals surface area contributed by atoms with E-state index in [4.69, 9.17) is 19.4 Å². The van der Waals surface area contributed by atoms with Gasteiger partial charge in [-0.05, 0) is 37.6 Å². The van der Waals surface area contributed by atoms with Gasteiger partial charge in [0.15, 0.2) is 5.82 Å². The van der Waals surface area contributed by atoms with Crippen LogP contribution in [0.5, 0.6) is 5.75 Å². The van der Waals surface area contributed by atoms with Crippen LogP contribution in [-0.4, -0.2) is 51.4 Å². The van der Waals surface area contributed by atoms with Gasteiger partial charge < -0.3 is 24.7 Å². The largest absolute Gasteiger partial charge is 0.495 e. The molecule has 1 saturated heterocycles. The Hall–Kier alpha value is -3.72. The molecule has 0 amide bonds. The Morgan fingerprint density at radius 1 is 1.21 bits per heavy atom. The van der Waals surface area contributed by atoms with E-state index >= 15 is 0 Å². The zero-order chi connectivity index (χ0) is 23.7. The molecule has 0 saturated carbocycles. The van der Waals surface area contributed by atoms with E-state index in [1.165, 1.54) is 0 Å². The van der Waals surface area contributed by atoms with Crippen molar-refractivity contribution in [3.05, 3.63) is 48.5 Å². The Labute approximate surface area is 198 Å². The summed E-state index contributed by atoms with van der Waals surface area (Å²) in [5.41, 5.74) is 3.51. The molecule has 0 aliphatic carbocycles. The maximum Gasteiger partial charge on any atom is 0.227 e. The number of ether oxygens (including phenoxy) is 2. The van der Waals surface area contributed by atoms with E-state index in [0.29, 0.717) is 11.7 Å². The number of pyridine rings is 1. The zero-order valence-corrected chi connectivity index (χ0v) is 19.9. The average Bonchev–Trinajstić information content (AvgIpc) is 3.46. The number of nitrogens with zero attached hydrogens (tertiary/aromatic N) is 5. The Kier molecular flexibility index (Phi) is 5.79. The molecule has 1 aliphatic rings. The molecule has 0 spiro atoms. The number of methoxy groups -OCH3 is 1. The maximum absolute atomic E-state index is 5.64. The standard InChI is InChI=1S/C25H29N7O2/c1-16-11-18-13-27-24(31-21(18)22(29-16)28-14-25(2)7-10-34-15-25)30-19-6-5-17(12-20(19)33-4)23-26-8-9-32(23)3/h5-6,8-9,11-13H,7,10,14-15H2,1-4H3,(H,28,29)(H,27,30,31). The molecule has 1 fully saturated rings. The minimum absolute atomic E-state index is 0.0914. The first-order valence-electron chi connectivity index (χ1n) is 11.3. The number of anilines is 3. The predicted octanol–water partition coefficient (Wildman–Crippen LogP) is 4.32. The fourth-order valence-corrected chi connectivity index (χ4v) is 4.20. The number of rotatable bonds is 7. The number of hydrogen-bond donors (Lipinski definition) is 2. The summed E-state index contributed by atoms with van der Waals surface area (Å²) < 4.78 is 13.2. The van der Waals surface area contributed by atoms with E-state index in [9.17, 15) is 0 Å². The van der Waals surface area contributed by atoms with Crippen LogP contribution in [0.4, 0.5) is 17.5 Å². The lowest BCUT2D eigenvalue weighted by molar-refractivity contribution is 0.164. The first-order valence-corrected chi connectivity index (χ1v) is 11.3. The quantitative estimate of drug-likeness (QED) is 0.421. The van der Waals surface area contributed by atoms with Crippen molar-refractivity contribution >= 4 is 28.4 Å². The first kappa shape index (κ1) is 22.1. The van der Waals surface area contributed by atoms with Gasteiger partial charge in [0.25, 0.3) is 0 Å². The molecule has 0 radical (unpaired) electrons. The molecule has 4 aromatic rings. The van der Waals surface area contributed by atoms with Crippen LogP contribution in [0.15, 0.2) is 42.9 Å². The summed E-state index contributed by atoms with van der Waals surface area (Å²) in [6.45, 7) is 6.53. The van der Waals surface area contributed by atoms with E-state index in [1.54, 1.807) is 13.3 Å². The Balaban J connectivity index is 1.44. The lowest BCUT2D eigenvalue weighted by Gasteiger charge is -2.22. The molecule has 9 nitrogen and oxygen atoms in total. The lowest BCUT2D eigenvalue weighted by atomic mass is 9.90. The van der Waals surface area contributed by atoms with Crippen molar-refractivity contribution in [2.75, 3.05) is 37.5 Å². The monoisotopic (exact) mass is 459 g/mol. The van der Waals surface area contributed by atoms with E-state index in [2.05, 4.69) is 27.5 Å². The van der Waals surface area contributed by atoms with Crippen LogP contribution < -0.4 is 15.4 Å². The molecular weight excluding hydrogens is 430 g/mol. The maximum atomic E-state index is 5.64. The molecule has 9 heteroatoms. The van der Waals surface area contributed by atoms with Gasteiger partial charge >= 0.3 is 0 Å². The summed E-state index contributed by atoms with van der Waals surface area (Å²) in [6.07, 6.45) is 6.54. The van der Waals surface area contributed by atoms with Crippen molar-refractivity contribution in [1.82, 2.24) is 24.5 Å². The van der Waals surface area contributed by atoms with Gasteiger partial charge in [-0.25, -0.2) is 19.9 Å². The number of fused-ring (bicyclic) bond motifs is 1. The minimum atomic E-state index is 0.0914. The van der Waals surface area contributed by atoms with Crippen molar-refractivity contribution in [2.24, 2.45) is 12.5 Å². The van der Waals surface area contributed by atoms with E-state index < -0.39 is 0 Å². The smallest absolute Gasteiger partial charge is 0.227 e. The predicted molar refractivity (Wildman–Crippen MR) is 133 cm³/mol. The lowest BCUT2D eigenvalue weighted by Crippen LogP contribution is -2.27. The van der Waals surface area contributed by atoms with Gasteiger partial charge in [0.2, 0.25) is 5.95 Å². The number of aromatic nitrogens is 5. The number of aryl methyl sites for hydroxylation is 2. The van der Waals surface area contributed by atoms with Crippen molar-refractivity contribution < 1.29 is 9.47 Å². The van der Waals surface area contributed by atoms with Crippen LogP contribution in [0, 0.1) is 12.3 Å². The van der Waals surface area contributed by atoms with Gasteiger partial charge in [0.05, 0.1) is 19.4 Å². The molecule has 5 rings (SSSR count). The summed E-state index contributed by atoms with van der Waals surface area (Å²) >= 11 is 0. The van der Waals surface area contributed by atoms with E-state index in [0.717, 1.165) is 65.7 Å². The fraction of sp³-hybridized carbons (Fsp3) is 0.360. The van der Waals surface area contributed by atoms with Crippen LogP contribution in [0.2, 0.25) is 0 Å². The molecule has 0 bridgehead atoms. The average molecular weight is 460 g/mol. The Bertz CT molecular complexity index is 1330. The van der Waals surface area contributed by atoms with Crippen LogP contribution in [0.25, 0.3) is 22.3 Å². The van der Waals surface area contributed by atoms with Gasteiger partial charge in [-0.2, -0.15) is 0 Å². The fourth-order valence-electron chi connectivity index (χ4n) is 4.20. The zero-order valence-electron chi connectivity index (χ0n) is 19.9. The van der Waals surface area contributed by atoms with Crippen LogP contribution in [0.3, 0.4) is 0 Å². The molecule has 1 aliphatic heterocycles. The normalized spacial score (nSPS) is 17.8. The van der Waals surface area contributed by atoms with E-state index in [-0.39, 0.29) is 5.41 Å². The van der Waals surface area contributed by atoms with Gasteiger partial charge in [-0.15, -0.1) is 0 Å². The second kappa shape index (κ2) is 8.90. The summed E-state index contributed by atoms with van der Waals surface area (Å²) in [7, 11) is 3.61. The molecule has 2 N–H and O–H groups in total. The topological polar surface area (TPSA) is 99.0 Å². The van der Waals surface area contributed by atoms with Crippen molar-refractivity contribution in [3.63, 3.8) is 0 Å². The second-order valence-corrected chi connectivity index (χ2v) is 9.11. The van der Waals surface area contributed by atoms with Crippen LogP contribution >= 0.6 is 0 Å². The summed E-state index contributed by atoms with van der Waals surface area (Å²) in [5, 5.41) is 7.74. The number of imidazole rings is 1. The van der Waals surface area contributed by atoms with Crippen LogP contribution in [0.1, 0.15) is 19.0 Å². The van der Waals surface area contributed by atoms with Crippen molar-refractivity contribution in [3.8, 4) is 17.1 Å². The molecule has 3 aromatic heterocycles. The van der Waals surface area contributed by atoms with Crippen molar-refractivity contribution in [2.45, 2.75) is 20.3 Å². The molecule has 1 atom stereocenters. The first-order chi connectivity index (χ1) is 16.4. The summed E-state index contributed by atoms with van der Waals surface area (Å²) in [4.78, 5) is 18.5. The molecular formula is C25H29N7O2. The molecule has 176 valence electrons. The number of nitrogens with one attached hydrogen (secondary N) is 2. The minimum Gasteiger partial charge on any atom is -0.495 e. The molecule has 4 heterocycles. The second-order valence-electron chi connectivity index (χ2n) is 9.11. The Morgan fingerprint density at radius 2 is 2.09 bits per heavy atom. The van der Waals surface area contributed by atoms with Crippen LogP contribution in [-0.2, 0) is 11.8 Å². The third-order valence-corrected chi connectivity index (χ3v) is 6.20. The van der Waals surface area contributed by atoms with Gasteiger partial charge in [-0.1, -0.05) is 6.92 Å². The van der Waals surface area contributed by atoms with Gasteiger partial charge in [0.1, 0.15) is 17.1 Å². The molecule has 1 unspecified atom stereocenters.